The summed E-state index contributed by atoms with van der Waals surface area (Å²) in [6.45, 7) is 3.04. The summed E-state index contributed by atoms with van der Waals surface area (Å²) in [5, 5.41) is 12.2. The molecule has 0 aliphatic carbocycles. The van der Waals surface area contributed by atoms with E-state index < -0.39 is 0 Å². The van der Waals surface area contributed by atoms with Crippen molar-refractivity contribution < 1.29 is 14.3 Å². The van der Waals surface area contributed by atoms with Crippen LogP contribution >= 0.6 is 0 Å². The summed E-state index contributed by atoms with van der Waals surface area (Å²) in [5.41, 5.74) is 1.72. The topological polar surface area (TPSA) is 111 Å². The lowest BCUT2D eigenvalue weighted by atomic mass is 10.1. The van der Waals surface area contributed by atoms with Gasteiger partial charge >= 0.3 is 0 Å². The third-order valence-electron chi connectivity index (χ3n) is 6.70. The lowest BCUT2D eigenvalue weighted by Crippen LogP contribution is -2.35. The first kappa shape index (κ1) is 26.9. The highest BCUT2D eigenvalue weighted by Crippen LogP contribution is 2.28. The maximum atomic E-state index is 13.4. The van der Waals surface area contributed by atoms with Crippen LogP contribution in [-0.2, 0) is 13.0 Å². The van der Waals surface area contributed by atoms with Gasteiger partial charge in [0.05, 0.1) is 25.2 Å². The Morgan fingerprint density at radius 1 is 1.03 bits per heavy atom. The largest absolute Gasteiger partial charge is 0.493 e. The van der Waals surface area contributed by atoms with E-state index in [2.05, 4.69) is 12.2 Å². The molecule has 200 valence electrons. The first-order valence-corrected chi connectivity index (χ1v) is 13.1. The van der Waals surface area contributed by atoms with E-state index >= 15 is 0 Å². The zero-order valence-electron chi connectivity index (χ0n) is 22.3. The number of fused-ring (bicyclic) bond motifs is 2. The number of benzene rings is 1. The summed E-state index contributed by atoms with van der Waals surface area (Å²) < 4.78 is 13.9. The number of nitrogens with one attached hydrogen (secondary N) is 2. The second-order valence-corrected chi connectivity index (χ2v) is 9.25. The van der Waals surface area contributed by atoms with Gasteiger partial charge in [-0.1, -0.05) is 44.7 Å². The first-order chi connectivity index (χ1) is 18.5. The van der Waals surface area contributed by atoms with Crippen LogP contribution in [0.3, 0.4) is 0 Å². The van der Waals surface area contributed by atoms with Gasteiger partial charge in [-0.2, -0.15) is 0 Å². The van der Waals surface area contributed by atoms with E-state index in [-0.39, 0.29) is 22.5 Å². The summed E-state index contributed by atoms with van der Waals surface area (Å²) >= 11 is 0. The van der Waals surface area contributed by atoms with Crippen molar-refractivity contribution >= 4 is 22.6 Å². The van der Waals surface area contributed by atoms with Gasteiger partial charge in [0.2, 0.25) is 0 Å². The Balaban J connectivity index is 1.72. The predicted molar refractivity (Wildman–Crippen MR) is 147 cm³/mol. The molecule has 0 radical (unpaired) electrons. The molecule has 0 bridgehead atoms. The molecule has 9 heteroatoms. The number of methoxy groups -OCH3 is 2. The van der Waals surface area contributed by atoms with Crippen LogP contribution in [0.25, 0.3) is 16.7 Å². The van der Waals surface area contributed by atoms with Gasteiger partial charge in [-0.3, -0.25) is 19.4 Å². The smallest absolute Gasteiger partial charge is 0.267 e. The van der Waals surface area contributed by atoms with Crippen molar-refractivity contribution in [3.63, 3.8) is 0 Å². The molecule has 1 amide bonds. The van der Waals surface area contributed by atoms with Gasteiger partial charge in [0.25, 0.3) is 11.5 Å². The van der Waals surface area contributed by atoms with E-state index in [1.165, 1.54) is 16.9 Å². The minimum atomic E-state index is -0.357. The third-order valence-corrected chi connectivity index (χ3v) is 6.70. The molecule has 1 aromatic carbocycles. The van der Waals surface area contributed by atoms with Crippen LogP contribution < -0.4 is 25.8 Å². The molecule has 9 nitrogen and oxygen atoms in total. The third kappa shape index (κ3) is 5.72. The minimum absolute atomic E-state index is 0.0219. The number of ether oxygens (including phenoxy) is 2. The van der Waals surface area contributed by atoms with Gasteiger partial charge in [0, 0.05) is 19.3 Å². The van der Waals surface area contributed by atoms with E-state index in [9.17, 15) is 9.59 Å². The molecule has 0 saturated heterocycles. The Bertz CT molecular complexity index is 1560. The average Bonchev–Trinajstić information content (AvgIpc) is 2.94. The number of aryl methyl sites for hydroxylation is 2. The van der Waals surface area contributed by atoms with Crippen molar-refractivity contribution in [1.82, 2.24) is 19.3 Å². The van der Waals surface area contributed by atoms with Gasteiger partial charge < -0.3 is 19.4 Å². The molecular formula is C29H35N5O4. The number of nitrogens with zero attached hydrogens (tertiary/aromatic N) is 3. The van der Waals surface area contributed by atoms with Crippen molar-refractivity contribution in [2.24, 2.45) is 0 Å². The SMILES string of the molecule is CCCCCCCNC(=O)c1cc2c(=O)n3ccccc3nc2n(CCc2ccc(OC)c(OC)c2)c1=N. The molecule has 0 aliphatic rings. The Kier molecular flexibility index (Phi) is 8.78. The van der Waals surface area contributed by atoms with Crippen molar-refractivity contribution in [2.45, 2.75) is 52.0 Å². The van der Waals surface area contributed by atoms with Crippen molar-refractivity contribution in [1.29, 1.82) is 5.41 Å². The fraction of sp³-hybridized carbons (Fsp3) is 0.379. The molecule has 4 aromatic rings. The number of aromatic nitrogens is 3. The molecule has 3 heterocycles. The fourth-order valence-corrected chi connectivity index (χ4v) is 4.58. The van der Waals surface area contributed by atoms with Gasteiger partial charge in [0.15, 0.2) is 11.5 Å². The summed E-state index contributed by atoms with van der Waals surface area (Å²) in [4.78, 5) is 31.3. The maximum absolute atomic E-state index is 13.4. The molecule has 0 aliphatic heterocycles. The lowest BCUT2D eigenvalue weighted by molar-refractivity contribution is 0.0950. The van der Waals surface area contributed by atoms with Crippen LogP contribution in [0.4, 0.5) is 0 Å². The quantitative estimate of drug-likeness (QED) is 0.217. The second-order valence-electron chi connectivity index (χ2n) is 9.25. The normalized spacial score (nSPS) is 11.1. The van der Waals surface area contributed by atoms with Gasteiger partial charge in [-0.05, 0) is 48.7 Å². The summed E-state index contributed by atoms with van der Waals surface area (Å²) in [5.74, 6) is 0.884. The zero-order valence-corrected chi connectivity index (χ0v) is 22.3. The fourth-order valence-electron chi connectivity index (χ4n) is 4.58. The second kappa shape index (κ2) is 12.4. The average molecular weight is 518 g/mol. The van der Waals surface area contributed by atoms with E-state index in [1.54, 1.807) is 37.1 Å². The molecule has 0 fully saturated rings. The first-order valence-electron chi connectivity index (χ1n) is 13.1. The van der Waals surface area contributed by atoms with E-state index in [0.29, 0.717) is 47.7 Å². The number of rotatable bonds is 12. The van der Waals surface area contributed by atoms with Crippen molar-refractivity contribution in [3.8, 4) is 11.5 Å². The van der Waals surface area contributed by atoms with E-state index in [0.717, 1.165) is 31.2 Å². The molecule has 3 aromatic heterocycles. The number of carbonyl (C=O) groups excluding carboxylic acids is 1. The lowest BCUT2D eigenvalue weighted by Gasteiger charge is -2.15. The zero-order chi connectivity index (χ0) is 27.1. The molecule has 4 rings (SSSR count). The van der Waals surface area contributed by atoms with Crippen LogP contribution in [0.5, 0.6) is 11.5 Å². The summed E-state index contributed by atoms with van der Waals surface area (Å²) in [7, 11) is 3.17. The van der Waals surface area contributed by atoms with E-state index in [1.807, 2.05) is 24.3 Å². The Labute approximate surface area is 221 Å². The molecule has 2 N–H and O–H groups in total. The number of pyridine rings is 2. The standard InChI is InChI=1S/C29H35N5O4/c1-4-5-6-7-9-15-31-28(35)21-19-22-27(32-25-11-8-10-16-33(25)29(22)36)34(26(21)30)17-14-20-12-13-23(37-2)24(18-20)38-3/h8,10-13,16,18-19,30H,4-7,9,14-15,17H2,1-3H3,(H,31,35). The predicted octanol–water partition coefficient (Wildman–Crippen LogP) is 4.09. The van der Waals surface area contributed by atoms with Crippen LogP contribution in [0, 0.1) is 5.41 Å². The Morgan fingerprint density at radius 3 is 2.58 bits per heavy atom. The number of unbranched alkanes of at least 4 members (excludes halogenated alkanes) is 4. The van der Waals surface area contributed by atoms with Crippen LogP contribution in [0.1, 0.15) is 54.9 Å². The molecule has 0 unspecified atom stereocenters. The minimum Gasteiger partial charge on any atom is -0.493 e. The van der Waals surface area contributed by atoms with Crippen LogP contribution in [0.15, 0.2) is 53.5 Å². The van der Waals surface area contributed by atoms with Crippen molar-refractivity contribution in [2.75, 3.05) is 20.8 Å². The number of amides is 1. The summed E-state index contributed by atoms with van der Waals surface area (Å²) in [6, 6.07) is 12.5. The highest BCUT2D eigenvalue weighted by molar-refractivity contribution is 5.96. The highest BCUT2D eigenvalue weighted by atomic mass is 16.5. The van der Waals surface area contributed by atoms with Crippen LogP contribution in [-0.4, -0.2) is 40.6 Å². The van der Waals surface area contributed by atoms with Crippen LogP contribution in [0.2, 0.25) is 0 Å². The van der Waals surface area contributed by atoms with E-state index in [4.69, 9.17) is 19.9 Å². The Morgan fingerprint density at radius 2 is 1.82 bits per heavy atom. The molecule has 0 spiro atoms. The number of hydrogen-bond donors (Lipinski definition) is 2. The maximum Gasteiger partial charge on any atom is 0.267 e. The molecule has 38 heavy (non-hydrogen) atoms. The Hall–Kier alpha value is -4.14. The highest BCUT2D eigenvalue weighted by Gasteiger charge is 2.17. The van der Waals surface area contributed by atoms with Crippen molar-refractivity contribution in [3.05, 3.63) is 75.6 Å². The van der Waals surface area contributed by atoms with Gasteiger partial charge in [-0.25, -0.2) is 4.98 Å². The molecular weight excluding hydrogens is 482 g/mol. The number of hydrogen-bond acceptors (Lipinski definition) is 6. The number of carbonyl (C=O) groups is 1. The van der Waals surface area contributed by atoms with Gasteiger partial charge in [-0.15, -0.1) is 0 Å². The van der Waals surface area contributed by atoms with Gasteiger partial charge in [0.1, 0.15) is 16.8 Å². The molecule has 0 saturated carbocycles. The summed E-state index contributed by atoms with van der Waals surface area (Å²) in [6.07, 6.45) is 7.58. The molecule has 0 atom stereocenters. The monoisotopic (exact) mass is 517 g/mol.